The molecule has 0 saturated heterocycles. The van der Waals surface area contributed by atoms with Gasteiger partial charge in [0.2, 0.25) is 0 Å². The van der Waals surface area contributed by atoms with Crippen LogP contribution in [0, 0.1) is 79.9 Å². The Balaban J connectivity index is -0.000000110. The molecule has 0 aromatic carbocycles. The molecule has 18 nitrogen and oxygen atoms in total. The number of aliphatic carboxylic acids is 6. The van der Waals surface area contributed by atoms with Gasteiger partial charge in [0, 0.05) is 0 Å². The van der Waals surface area contributed by atoms with Gasteiger partial charge in [-0.3, -0.25) is 0 Å². The minimum atomic E-state index is -2.44. The second-order valence-electron chi connectivity index (χ2n) is 4.58. The third-order valence-corrected chi connectivity index (χ3v) is 2.35. The normalized spacial score (nSPS) is 14.8. The fourth-order valence-corrected chi connectivity index (χ4v) is 0.773. The van der Waals surface area contributed by atoms with E-state index in [9.17, 15) is 59.4 Å². The van der Waals surface area contributed by atoms with Crippen molar-refractivity contribution >= 4 is 35.8 Å². The quantitative estimate of drug-likeness (QED) is 0.127. The Bertz CT molecular complexity index is 498. The van der Waals surface area contributed by atoms with Crippen LogP contribution < -0.4 is 30.6 Å². The first-order valence-electron chi connectivity index (χ1n) is 6.73. The van der Waals surface area contributed by atoms with Crippen LogP contribution in [0.1, 0.15) is 0 Å². The van der Waals surface area contributed by atoms with Crippen LogP contribution in [0.4, 0.5) is 0 Å². The summed E-state index contributed by atoms with van der Waals surface area (Å²) >= 11 is 0. The zero-order chi connectivity index (χ0) is 24.9. The van der Waals surface area contributed by atoms with Crippen LogP contribution in [-0.2, 0) is 28.8 Å². The summed E-state index contributed by atoms with van der Waals surface area (Å²) in [5.41, 5.74) is 0. The summed E-state index contributed by atoms with van der Waals surface area (Å²) in [6.45, 7) is 0. The molecule has 0 bridgehead atoms. The zero-order valence-corrected chi connectivity index (χ0v) is 19.3. The number of aliphatic hydroxyl groups excluding tert-OH is 6. The van der Waals surface area contributed by atoms with Crippen molar-refractivity contribution in [2.45, 2.75) is 36.6 Å². The van der Waals surface area contributed by atoms with Crippen LogP contribution in [-0.4, -0.2) is 103 Å². The van der Waals surface area contributed by atoms with Gasteiger partial charge in [-0.05, 0) is 0 Å². The number of carboxylic acid groups (broad SMARTS) is 6. The number of rotatable bonds is 9. The van der Waals surface area contributed by atoms with Crippen molar-refractivity contribution in [3.8, 4) is 0 Å². The summed E-state index contributed by atoms with van der Waals surface area (Å²) in [5.74, 6) is -12.4. The van der Waals surface area contributed by atoms with Gasteiger partial charge in [0.05, 0.1) is 35.8 Å². The first kappa shape index (κ1) is 41.5. The largest absolute Gasteiger partial charge is 3.00 e. The van der Waals surface area contributed by atoms with Gasteiger partial charge in [-0.25, -0.2) is 0 Å². The summed E-state index contributed by atoms with van der Waals surface area (Å²) in [5, 5.41) is 107. The topological polar surface area (TPSA) is 362 Å². The van der Waals surface area contributed by atoms with E-state index in [0.717, 1.165) is 0 Å². The molecule has 0 aliphatic rings. The summed E-state index contributed by atoms with van der Waals surface area (Å²) in [6.07, 6.45) is -14.6. The molecule has 0 amide bonds. The number of carbonyl (C=O) groups excluding carboxylic acids is 6. The Morgan fingerprint density at radius 3 is 0.438 bits per heavy atom. The fourth-order valence-electron chi connectivity index (χ4n) is 0.773. The van der Waals surface area contributed by atoms with E-state index >= 15 is 0 Å². The van der Waals surface area contributed by atoms with Crippen molar-refractivity contribution in [2.24, 2.45) is 0 Å². The minimum Gasteiger partial charge on any atom is -0.547 e. The molecule has 0 heterocycles. The van der Waals surface area contributed by atoms with Gasteiger partial charge < -0.3 is 90.0 Å². The van der Waals surface area contributed by atoms with Crippen LogP contribution in [0.2, 0.25) is 0 Å². The molecule has 6 atom stereocenters. The van der Waals surface area contributed by atoms with Crippen LogP contribution in [0.25, 0.3) is 0 Å². The molecule has 2 radical (unpaired) electrons. The van der Waals surface area contributed by atoms with E-state index in [2.05, 4.69) is 0 Å². The van der Waals surface area contributed by atoms with Crippen molar-refractivity contribution in [1.29, 1.82) is 0 Å². The molecular weight excluding hydrogens is 747 g/mol. The Morgan fingerprint density at radius 1 is 0.344 bits per heavy atom. The van der Waals surface area contributed by atoms with Crippen molar-refractivity contribution in [2.75, 3.05) is 0 Å². The average molecular weight is 759 g/mol. The smallest absolute Gasteiger partial charge is 0.547 e. The molecule has 0 aromatic rings. The van der Waals surface area contributed by atoms with E-state index in [1.807, 2.05) is 0 Å². The summed E-state index contributed by atoms with van der Waals surface area (Å²) in [6, 6.07) is 0. The Morgan fingerprint density at radius 2 is 0.406 bits per heavy atom. The standard InChI is InChI=1S/3C4H6O6.2Gd/c3*5-1(3(7)8)2(6)4(9)10;;/h3*1-2,5-6H,(H,7,8)(H,9,10);;/q;;;2*+3/p-6. The SMILES string of the molecule is O=C([O-])C(O)C(O)C(=O)[O-].O=C([O-])C(O)C(O)C(=O)[O-].O=C([O-])C(O)C(O)C(=O)[O-].[Gd+3].[Gd+3]. The van der Waals surface area contributed by atoms with Crippen LogP contribution in [0.3, 0.4) is 0 Å². The second-order valence-corrected chi connectivity index (χ2v) is 4.58. The predicted molar refractivity (Wildman–Crippen MR) is 66.1 cm³/mol. The molecular formula is C12H12Gd2O18. The van der Waals surface area contributed by atoms with E-state index in [4.69, 9.17) is 30.6 Å². The molecule has 184 valence electrons. The van der Waals surface area contributed by atoms with E-state index in [-0.39, 0.29) is 79.9 Å². The van der Waals surface area contributed by atoms with E-state index in [1.54, 1.807) is 0 Å². The Labute approximate surface area is 240 Å². The number of hydrogen-bond acceptors (Lipinski definition) is 18. The number of carboxylic acids is 6. The summed E-state index contributed by atoms with van der Waals surface area (Å²) < 4.78 is 0. The minimum absolute atomic E-state index is 0. The van der Waals surface area contributed by atoms with Gasteiger partial charge in [0.1, 0.15) is 36.6 Å². The van der Waals surface area contributed by atoms with Crippen molar-refractivity contribution in [3.05, 3.63) is 0 Å². The molecule has 32 heavy (non-hydrogen) atoms. The monoisotopic (exact) mass is 760 g/mol. The fraction of sp³-hybridized carbons (Fsp3) is 0.500. The second kappa shape index (κ2) is 20.8. The Hall–Kier alpha value is -0.771. The summed E-state index contributed by atoms with van der Waals surface area (Å²) in [4.78, 5) is 57.8. The molecule has 0 spiro atoms. The maximum Gasteiger partial charge on any atom is 3.00 e. The Kier molecular flexibility index (Phi) is 27.0. The summed E-state index contributed by atoms with van der Waals surface area (Å²) in [7, 11) is 0. The van der Waals surface area contributed by atoms with E-state index in [0.29, 0.717) is 0 Å². The number of hydrogen-bond donors (Lipinski definition) is 6. The van der Waals surface area contributed by atoms with Crippen LogP contribution >= 0.6 is 0 Å². The number of aliphatic hydroxyl groups is 6. The van der Waals surface area contributed by atoms with Gasteiger partial charge >= 0.3 is 79.9 Å². The molecule has 0 aliphatic heterocycles. The zero-order valence-electron chi connectivity index (χ0n) is 14.8. The van der Waals surface area contributed by atoms with Crippen molar-refractivity contribution in [3.63, 3.8) is 0 Å². The van der Waals surface area contributed by atoms with Crippen molar-refractivity contribution < 1.29 is 170 Å². The van der Waals surface area contributed by atoms with E-state index < -0.39 is 72.4 Å². The molecule has 0 fully saturated rings. The molecule has 6 N–H and O–H groups in total. The average Bonchev–Trinajstić information content (AvgIpc) is 2.64. The van der Waals surface area contributed by atoms with Gasteiger partial charge in [-0.15, -0.1) is 0 Å². The molecule has 20 heteroatoms. The van der Waals surface area contributed by atoms with Gasteiger partial charge in [0.25, 0.3) is 0 Å². The van der Waals surface area contributed by atoms with Crippen LogP contribution in [0.15, 0.2) is 0 Å². The third kappa shape index (κ3) is 18.8. The molecule has 0 aromatic heterocycles. The van der Waals surface area contributed by atoms with Gasteiger partial charge in [0.15, 0.2) is 0 Å². The molecule has 0 aliphatic carbocycles. The van der Waals surface area contributed by atoms with Crippen LogP contribution in [0.5, 0.6) is 0 Å². The number of carbonyl (C=O) groups is 6. The maximum absolute atomic E-state index is 9.63. The molecule has 6 unspecified atom stereocenters. The third-order valence-electron chi connectivity index (χ3n) is 2.35. The van der Waals surface area contributed by atoms with Gasteiger partial charge in [-0.1, -0.05) is 0 Å². The van der Waals surface area contributed by atoms with E-state index in [1.165, 1.54) is 0 Å². The predicted octanol–water partition coefficient (Wildman–Crippen LogP) is -14.4. The molecule has 0 saturated carbocycles. The maximum atomic E-state index is 9.63. The van der Waals surface area contributed by atoms with Crippen molar-refractivity contribution in [1.82, 2.24) is 0 Å². The first-order valence-corrected chi connectivity index (χ1v) is 6.73. The van der Waals surface area contributed by atoms with Gasteiger partial charge in [-0.2, -0.15) is 0 Å². The first-order chi connectivity index (χ1) is 13.4. The molecule has 0 rings (SSSR count).